The van der Waals surface area contributed by atoms with E-state index in [1.165, 1.54) is 31.5 Å². The number of benzene rings is 1. The van der Waals surface area contributed by atoms with Crippen LogP contribution in [0.5, 0.6) is 11.5 Å². The van der Waals surface area contributed by atoms with E-state index in [1.54, 1.807) is 14.2 Å². The van der Waals surface area contributed by atoms with Gasteiger partial charge in [-0.25, -0.2) is 0 Å². The zero-order valence-electron chi connectivity index (χ0n) is 13.3. The van der Waals surface area contributed by atoms with Crippen LogP contribution in [0.1, 0.15) is 25.3 Å². The molecule has 0 unspecified atom stereocenters. The van der Waals surface area contributed by atoms with Gasteiger partial charge < -0.3 is 9.47 Å². The van der Waals surface area contributed by atoms with Crippen molar-refractivity contribution in [2.45, 2.75) is 38.4 Å². The van der Waals surface area contributed by atoms with E-state index < -0.39 is 0 Å². The molecule has 0 saturated carbocycles. The van der Waals surface area contributed by atoms with Crippen molar-refractivity contribution in [2.24, 2.45) is 0 Å². The summed E-state index contributed by atoms with van der Waals surface area (Å²) >= 11 is 0. The van der Waals surface area contributed by atoms with Gasteiger partial charge in [0.25, 0.3) is 0 Å². The number of piperazine rings is 1. The fourth-order valence-electron chi connectivity index (χ4n) is 3.82. The molecule has 2 heterocycles. The fraction of sp³-hybridized carbons (Fsp3) is 0.647. The lowest BCUT2D eigenvalue weighted by molar-refractivity contribution is 0.0470. The quantitative estimate of drug-likeness (QED) is 0.850. The molecular weight excluding hydrogens is 264 g/mol. The van der Waals surface area contributed by atoms with Gasteiger partial charge in [0.15, 0.2) is 11.5 Å². The Hall–Kier alpha value is -1.26. The number of hydrogen-bond donors (Lipinski definition) is 0. The summed E-state index contributed by atoms with van der Waals surface area (Å²) in [6.45, 7) is 7.03. The maximum atomic E-state index is 5.41. The van der Waals surface area contributed by atoms with Crippen LogP contribution >= 0.6 is 0 Å². The van der Waals surface area contributed by atoms with Gasteiger partial charge in [-0.15, -0.1) is 0 Å². The first kappa shape index (κ1) is 14.7. The summed E-state index contributed by atoms with van der Waals surface area (Å²) < 4.78 is 10.7. The Kier molecular flexibility index (Phi) is 4.36. The second-order valence-corrected chi connectivity index (χ2v) is 6.15. The highest BCUT2D eigenvalue weighted by Crippen LogP contribution is 2.31. The van der Waals surface area contributed by atoms with E-state index in [0.29, 0.717) is 6.04 Å². The lowest BCUT2D eigenvalue weighted by Crippen LogP contribution is -2.55. The smallest absolute Gasteiger partial charge is 0.161 e. The molecule has 4 nitrogen and oxygen atoms in total. The molecule has 1 aromatic carbocycles. The molecular formula is C17H26N2O2. The Balaban J connectivity index is 1.71. The Labute approximate surface area is 127 Å². The molecule has 2 aliphatic rings. The Bertz CT molecular complexity index is 492. The summed E-state index contributed by atoms with van der Waals surface area (Å²) in [4.78, 5) is 5.27. The second kappa shape index (κ2) is 6.24. The first-order valence-corrected chi connectivity index (χ1v) is 7.92. The summed E-state index contributed by atoms with van der Waals surface area (Å²) in [5.74, 6) is 1.62. The maximum absolute atomic E-state index is 5.41. The SMILES string of the molecule is COc1ccc(CN2CCN3CCC[C@H]3[C@@H]2C)cc1OC. The summed E-state index contributed by atoms with van der Waals surface area (Å²) in [6, 6.07) is 7.64. The first-order valence-electron chi connectivity index (χ1n) is 7.92. The van der Waals surface area contributed by atoms with Crippen LogP contribution < -0.4 is 9.47 Å². The van der Waals surface area contributed by atoms with Crippen molar-refractivity contribution in [1.82, 2.24) is 9.80 Å². The molecule has 0 aliphatic carbocycles. The molecule has 1 aromatic rings. The summed E-state index contributed by atoms with van der Waals surface area (Å²) in [5, 5.41) is 0. The van der Waals surface area contributed by atoms with Crippen molar-refractivity contribution < 1.29 is 9.47 Å². The molecule has 0 aromatic heterocycles. The fourth-order valence-corrected chi connectivity index (χ4v) is 3.82. The summed E-state index contributed by atoms with van der Waals surface area (Å²) in [7, 11) is 3.38. The zero-order chi connectivity index (χ0) is 14.8. The van der Waals surface area contributed by atoms with Crippen LogP contribution in [-0.2, 0) is 6.54 Å². The van der Waals surface area contributed by atoms with Crippen molar-refractivity contribution in [3.8, 4) is 11.5 Å². The van der Waals surface area contributed by atoms with Crippen molar-refractivity contribution in [2.75, 3.05) is 33.9 Å². The predicted octanol–water partition coefficient (Wildman–Crippen LogP) is 2.37. The first-order chi connectivity index (χ1) is 10.2. The normalized spacial score (nSPS) is 26.6. The zero-order valence-corrected chi connectivity index (χ0v) is 13.3. The average Bonchev–Trinajstić information content (AvgIpc) is 2.99. The van der Waals surface area contributed by atoms with Gasteiger partial charge in [0.1, 0.15) is 0 Å². The summed E-state index contributed by atoms with van der Waals surface area (Å²) in [6.07, 6.45) is 2.71. The van der Waals surface area contributed by atoms with Crippen LogP contribution in [0.15, 0.2) is 18.2 Å². The van der Waals surface area contributed by atoms with Gasteiger partial charge in [-0.1, -0.05) is 6.07 Å². The van der Waals surface area contributed by atoms with Gasteiger partial charge in [0.05, 0.1) is 14.2 Å². The Morgan fingerprint density at radius 1 is 1.10 bits per heavy atom. The highest BCUT2D eigenvalue weighted by Gasteiger charge is 2.36. The van der Waals surface area contributed by atoms with E-state index in [-0.39, 0.29) is 0 Å². The van der Waals surface area contributed by atoms with Crippen LogP contribution in [0, 0.1) is 0 Å². The second-order valence-electron chi connectivity index (χ2n) is 6.15. The molecule has 2 aliphatic heterocycles. The lowest BCUT2D eigenvalue weighted by Gasteiger charge is -2.43. The van der Waals surface area contributed by atoms with Gasteiger partial charge in [0, 0.05) is 31.7 Å². The van der Waals surface area contributed by atoms with Gasteiger partial charge in [0.2, 0.25) is 0 Å². The van der Waals surface area contributed by atoms with Crippen LogP contribution in [0.4, 0.5) is 0 Å². The topological polar surface area (TPSA) is 24.9 Å². The minimum absolute atomic E-state index is 0.634. The number of nitrogens with zero attached hydrogens (tertiary/aromatic N) is 2. The van der Waals surface area contributed by atoms with Crippen LogP contribution in [-0.4, -0.2) is 55.7 Å². The van der Waals surface area contributed by atoms with Crippen LogP contribution in [0.3, 0.4) is 0 Å². The molecule has 0 N–H and O–H groups in total. The highest BCUT2D eigenvalue weighted by molar-refractivity contribution is 5.42. The number of methoxy groups -OCH3 is 2. The molecule has 2 atom stereocenters. The molecule has 21 heavy (non-hydrogen) atoms. The van der Waals surface area contributed by atoms with Gasteiger partial charge in [-0.05, 0) is 44.0 Å². The van der Waals surface area contributed by atoms with Crippen molar-refractivity contribution >= 4 is 0 Å². The third-order valence-electron chi connectivity index (χ3n) is 5.06. The van der Waals surface area contributed by atoms with E-state index in [1.807, 2.05) is 6.07 Å². The van der Waals surface area contributed by atoms with Crippen molar-refractivity contribution in [1.29, 1.82) is 0 Å². The number of fused-ring (bicyclic) bond motifs is 1. The number of rotatable bonds is 4. The Morgan fingerprint density at radius 3 is 2.67 bits per heavy atom. The highest BCUT2D eigenvalue weighted by atomic mass is 16.5. The minimum Gasteiger partial charge on any atom is -0.493 e. The molecule has 0 amide bonds. The third-order valence-corrected chi connectivity index (χ3v) is 5.06. The van der Waals surface area contributed by atoms with E-state index in [9.17, 15) is 0 Å². The van der Waals surface area contributed by atoms with E-state index >= 15 is 0 Å². The molecule has 3 rings (SSSR count). The largest absolute Gasteiger partial charge is 0.493 e. The average molecular weight is 290 g/mol. The van der Waals surface area contributed by atoms with E-state index in [4.69, 9.17) is 9.47 Å². The maximum Gasteiger partial charge on any atom is 0.161 e. The van der Waals surface area contributed by atoms with E-state index in [0.717, 1.165) is 30.6 Å². The van der Waals surface area contributed by atoms with Gasteiger partial charge >= 0.3 is 0 Å². The molecule has 0 bridgehead atoms. The molecule has 2 saturated heterocycles. The van der Waals surface area contributed by atoms with Gasteiger partial charge in [-0.2, -0.15) is 0 Å². The van der Waals surface area contributed by atoms with Crippen LogP contribution in [0.2, 0.25) is 0 Å². The van der Waals surface area contributed by atoms with Crippen LogP contribution in [0.25, 0.3) is 0 Å². The van der Waals surface area contributed by atoms with E-state index in [2.05, 4.69) is 28.9 Å². The molecule has 2 fully saturated rings. The third kappa shape index (κ3) is 2.87. The number of hydrogen-bond acceptors (Lipinski definition) is 4. The predicted molar refractivity (Wildman–Crippen MR) is 84.0 cm³/mol. The monoisotopic (exact) mass is 290 g/mol. The van der Waals surface area contributed by atoms with Gasteiger partial charge in [-0.3, -0.25) is 9.80 Å². The molecule has 116 valence electrons. The summed E-state index contributed by atoms with van der Waals surface area (Å²) in [5.41, 5.74) is 1.30. The van der Waals surface area contributed by atoms with Crippen molar-refractivity contribution in [3.05, 3.63) is 23.8 Å². The molecule has 0 spiro atoms. The van der Waals surface area contributed by atoms with Crippen molar-refractivity contribution in [3.63, 3.8) is 0 Å². The Morgan fingerprint density at radius 2 is 1.90 bits per heavy atom. The molecule has 0 radical (unpaired) electrons. The number of ether oxygens (including phenoxy) is 2. The molecule has 4 heteroatoms. The standard InChI is InChI=1S/C17H26N2O2/c1-13-15-5-4-8-18(15)9-10-19(13)12-14-6-7-16(20-2)17(11-14)21-3/h6-7,11,13,15H,4-5,8-10,12H2,1-3H3/t13-,15-/m0/s1. The minimum atomic E-state index is 0.634. The lowest BCUT2D eigenvalue weighted by atomic mass is 10.0.